The molecule has 0 aliphatic rings. The predicted molar refractivity (Wildman–Crippen MR) is 140 cm³/mol. The first kappa shape index (κ1) is 28.3. The fraction of sp³-hybridized carbons (Fsp3) is 0.462. The van der Waals surface area contributed by atoms with Crippen molar-refractivity contribution in [3.8, 4) is 0 Å². The highest BCUT2D eigenvalue weighted by molar-refractivity contribution is 7.90. The van der Waals surface area contributed by atoms with Crippen LogP contribution >= 0.6 is 0 Å². The van der Waals surface area contributed by atoms with E-state index in [-0.39, 0.29) is 12.5 Å². The first-order valence-electron chi connectivity index (χ1n) is 11.8. The van der Waals surface area contributed by atoms with Crippen molar-refractivity contribution in [2.24, 2.45) is 0 Å². The van der Waals surface area contributed by atoms with Gasteiger partial charge in [0, 0.05) is 27.2 Å². The first-order valence-corrected chi connectivity index (χ1v) is 13.2. The summed E-state index contributed by atoms with van der Waals surface area (Å²) < 4.78 is 28.9. The quantitative estimate of drug-likeness (QED) is 0.511. The summed E-state index contributed by atoms with van der Waals surface area (Å²) in [5.41, 5.74) is 3.95. The molecule has 0 bridgehead atoms. The summed E-state index contributed by atoms with van der Waals surface area (Å²) >= 11 is 0. The molecule has 0 saturated carbocycles. The fourth-order valence-electron chi connectivity index (χ4n) is 3.91. The van der Waals surface area contributed by atoms with Crippen molar-refractivity contribution in [1.82, 2.24) is 14.5 Å². The van der Waals surface area contributed by atoms with Gasteiger partial charge in [0.05, 0.1) is 5.69 Å². The molecule has 2 amide bonds. The molecule has 0 aromatic heterocycles. The summed E-state index contributed by atoms with van der Waals surface area (Å²) in [6, 6.07) is 12.5. The van der Waals surface area contributed by atoms with Gasteiger partial charge >= 0.3 is 10.2 Å². The Morgan fingerprint density at radius 2 is 1.63 bits per heavy atom. The third-order valence-electron chi connectivity index (χ3n) is 5.82. The van der Waals surface area contributed by atoms with Crippen LogP contribution in [-0.2, 0) is 26.3 Å². The molecule has 0 aliphatic carbocycles. The lowest BCUT2D eigenvalue weighted by atomic mass is 10.1. The minimum atomic E-state index is -3.98. The molecule has 192 valence electrons. The monoisotopic (exact) mass is 502 g/mol. The van der Waals surface area contributed by atoms with Crippen LogP contribution in [0.25, 0.3) is 0 Å². The van der Waals surface area contributed by atoms with Crippen LogP contribution in [-0.4, -0.2) is 62.7 Å². The van der Waals surface area contributed by atoms with Crippen LogP contribution in [0.5, 0.6) is 0 Å². The van der Waals surface area contributed by atoms with Crippen molar-refractivity contribution in [3.05, 3.63) is 64.7 Å². The number of nitrogens with zero attached hydrogens (tertiary/aromatic N) is 3. The van der Waals surface area contributed by atoms with Gasteiger partial charge in [-0.1, -0.05) is 48.9 Å². The third kappa shape index (κ3) is 7.05. The summed E-state index contributed by atoms with van der Waals surface area (Å²) in [7, 11) is -1.11. The maximum atomic E-state index is 13.8. The Bertz CT molecular complexity index is 1150. The zero-order chi connectivity index (χ0) is 26.3. The number of hydrogen-bond donors (Lipinski definition) is 1. The predicted octanol–water partition coefficient (Wildman–Crippen LogP) is 3.17. The molecular formula is C26H38N4O4S. The van der Waals surface area contributed by atoms with E-state index in [1.807, 2.05) is 71.0 Å². The molecule has 0 saturated heterocycles. The third-order valence-corrected chi connectivity index (χ3v) is 7.63. The van der Waals surface area contributed by atoms with Crippen LogP contribution in [0.1, 0.15) is 42.5 Å². The average Bonchev–Trinajstić information content (AvgIpc) is 2.79. The van der Waals surface area contributed by atoms with Crippen LogP contribution in [0.2, 0.25) is 0 Å². The molecule has 1 atom stereocenters. The van der Waals surface area contributed by atoms with E-state index < -0.39 is 28.7 Å². The molecule has 8 nitrogen and oxygen atoms in total. The molecule has 35 heavy (non-hydrogen) atoms. The van der Waals surface area contributed by atoms with Gasteiger partial charge in [-0.3, -0.25) is 9.59 Å². The number of hydrogen-bond acceptors (Lipinski definition) is 4. The highest BCUT2D eigenvalue weighted by atomic mass is 32.2. The second kappa shape index (κ2) is 12.2. The first-order chi connectivity index (χ1) is 16.4. The molecule has 9 heteroatoms. The van der Waals surface area contributed by atoms with Crippen LogP contribution in [0.3, 0.4) is 0 Å². The molecule has 1 N–H and O–H groups in total. The lowest BCUT2D eigenvalue weighted by Gasteiger charge is -2.34. The smallest absolute Gasteiger partial charge is 0.304 e. The molecule has 0 heterocycles. The lowest BCUT2D eigenvalue weighted by molar-refractivity contribution is -0.140. The standard InChI is InChI=1S/C26H38N4O4S/c1-8-23(26(32)27-9-2)29(17-22-12-10-11-19(3)15-22)25(31)18-30(35(33,34)28(6)7)24-16-20(4)13-14-21(24)5/h10-16,23H,8-9,17-18H2,1-7H3,(H,27,32). The van der Waals surface area contributed by atoms with Crippen molar-refractivity contribution in [1.29, 1.82) is 0 Å². The molecule has 0 fully saturated rings. The Morgan fingerprint density at radius 1 is 0.971 bits per heavy atom. The highest BCUT2D eigenvalue weighted by Crippen LogP contribution is 2.26. The Morgan fingerprint density at radius 3 is 2.20 bits per heavy atom. The van der Waals surface area contributed by atoms with E-state index in [1.54, 1.807) is 6.07 Å². The second-order valence-electron chi connectivity index (χ2n) is 8.92. The number of amides is 2. The molecule has 1 unspecified atom stereocenters. The van der Waals surface area contributed by atoms with Crippen molar-refractivity contribution in [3.63, 3.8) is 0 Å². The van der Waals surface area contributed by atoms with Gasteiger partial charge in [0.15, 0.2) is 0 Å². The Labute approximate surface area is 210 Å². The SMILES string of the molecule is CCNC(=O)C(CC)N(Cc1cccc(C)c1)C(=O)CN(c1cc(C)ccc1C)S(=O)(=O)N(C)C. The largest absolute Gasteiger partial charge is 0.355 e. The van der Waals surface area contributed by atoms with Gasteiger partial charge in [0.25, 0.3) is 0 Å². The zero-order valence-corrected chi connectivity index (χ0v) is 22.6. The molecule has 0 aliphatic heterocycles. The lowest BCUT2D eigenvalue weighted by Crippen LogP contribution is -2.53. The van der Waals surface area contributed by atoms with Crippen LogP contribution in [0, 0.1) is 20.8 Å². The number of nitrogens with one attached hydrogen (secondary N) is 1. The van der Waals surface area contributed by atoms with Gasteiger partial charge in [-0.2, -0.15) is 12.7 Å². The molecule has 2 rings (SSSR count). The maximum Gasteiger partial charge on any atom is 0.304 e. The Hall–Kier alpha value is -2.91. The topological polar surface area (TPSA) is 90.0 Å². The van der Waals surface area contributed by atoms with Crippen LogP contribution < -0.4 is 9.62 Å². The number of rotatable bonds is 11. The van der Waals surface area contributed by atoms with E-state index in [1.165, 1.54) is 19.0 Å². The average molecular weight is 503 g/mol. The Kier molecular flexibility index (Phi) is 9.85. The minimum Gasteiger partial charge on any atom is -0.355 e. The molecule has 0 spiro atoms. The van der Waals surface area contributed by atoms with E-state index in [4.69, 9.17) is 0 Å². The number of aryl methyl sites for hydroxylation is 3. The van der Waals surface area contributed by atoms with Gasteiger partial charge in [-0.25, -0.2) is 4.31 Å². The Balaban J connectivity index is 2.55. The highest BCUT2D eigenvalue weighted by Gasteiger charge is 2.34. The summed E-state index contributed by atoms with van der Waals surface area (Å²) in [6.45, 7) is 9.51. The second-order valence-corrected chi connectivity index (χ2v) is 11.0. The van der Waals surface area contributed by atoms with Gasteiger partial charge in [-0.05, 0) is 56.9 Å². The van der Waals surface area contributed by atoms with Crippen molar-refractivity contribution in [2.45, 2.75) is 53.6 Å². The van der Waals surface area contributed by atoms with E-state index in [9.17, 15) is 18.0 Å². The maximum absolute atomic E-state index is 13.8. The number of carbonyl (C=O) groups is 2. The van der Waals surface area contributed by atoms with Gasteiger partial charge in [0.2, 0.25) is 11.8 Å². The van der Waals surface area contributed by atoms with E-state index in [0.717, 1.165) is 30.9 Å². The van der Waals surface area contributed by atoms with Gasteiger partial charge in [0.1, 0.15) is 12.6 Å². The summed E-state index contributed by atoms with van der Waals surface area (Å²) in [5, 5.41) is 2.81. The van der Waals surface area contributed by atoms with Crippen molar-refractivity contribution in [2.75, 3.05) is 31.5 Å². The van der Waals surface area contributed by atoms with Gasteiger partial charge in [-0.15, -0.1) is 0 Å². The summed E-state index contributed by atoms with van der Waals surface area (Å²) in [5.74, 6) is -0.708. The molecule has 0 radical (unpaired) electrons. The van der Waals surface area contributed by atoms with E-state index in [2.05, 4.69) is 5.32 Å². The van der Waals surface area contributed by atoms with Crippen LogP contribution in [0.4, 0.5) is 5.69 Å². The molecule has 2 aromatic carbocycles. The van der Waals surface area contributed by atoms with E-state index in [0.29, 0.717) is 18.7 Å². The van der Waals surface area contributed by atoms with Gasteiger partial charge < -0.3 is 10.2 Å². The van der Waals surface area contributed by atoms with Crippen molar-refractivity contribution >= 4 is 27.7 Å². The summed E-state index contributed by atoms with van der Waals surface area (Å²) in [4.78, 5) is 28.2. The number of benzene rings is 2. The molecular weight excluding hydrogens is 464 g/mol. The summed E-state index contributed by atoms with van der Waals surface area (Å²) in [6.07, 6.45) is 0.396. The minimum absolute atomic E-state index is 0.193. The van der Waals surface area contributed by atoms with Crippen LogP contribution in [0.15, 0.2) is 42.5 Å². The number of anilines is 1. The number of likely N-dealkylation sites (N-methyl/N-ethyl adjacent to an activating group) is 1. The normalized spacial score (nSPS) is 12.3. The molecule has 2 aromatic rings. The number of carbonyl (C=O) groups excluding carboxylic acids is 2. The van der Waals surface area contributed by atoms with Crippen molar-refractivity contribution < 1.29 is 18.0 Å². The van der Waals surface area contributed by atoms with E-state index >= 15 is 0 Å². The zero-order valence-electron chi connectivity index (χ0n) is 21.8. The fourth-order valence-corrected chi connectivity index (χ4v) is 5.02.